The van der Waals surface area contributed by atoms with Crippen LogP contribution in [0, 0.1) is 6.92 Å². The van der Waals surface area contributed by atoms with E-state index in [9.17, 15) is 8.78 Å². The van der Waals surface area contributed by atoms with Gasteiger partial charge in [-0.1, -0.05) is 18.2 Å². The van der Waals surface area contributed by atoms with E-state index in [1.807, 2.05) is 25.1 Å². The molecule has 28 heavy (non-hydrogen) atoms. The minimum absolute atomic E-state index is 0.0631. The van der Waals surface area contributed by atoms with Crippen molar-refractivity contribution in [1.29, 1.82) is 0 Å². The van der Waals surface area contributed by atoms with Crippen molar-refractivity contribution in [2.45, 2.75) is 13.5 Å². The molecule has 0 bridgehead atoms. The Morgan fingerprint density at radius 3 is 2.64 bits per heavy atom. The summed E-state index contributed by atoms with van der Waals surface area (Å²) in [6.45, 7) is -0.922. The molecule has 0 fully saturated rings. The number of para-hydroxylation sites is 1. The fourth-order valence-electron chi connectivity index (χ4n) is 2.83. The Balaban J connectivity index is 1.81. The van der Waals surface area contributed by atoms with Gasteiger partial charge in [-0.15, -0.1) is 0 Å². The molecule has 0 aliphatic carbocycles. The highest BCUT2D eigenvalue weighted by molar-refractivity contribution is 5.94. The third-order valence-corrected chi connectivity index (χ3v) is 4.09. The van der Waals surface area contributed by atoms with Crippen LogP contribution in [0.3, 0.4) is 0 Å². The first-order valence-corrected chi connectivity index (χ1v) is 8.46. The molecule has 8 heteroatoms. The predicted molar refractivity (Wildman–Crippen MR) is 102 cm³/mol. The highest BCUT2D eigenvalue weighted by atomic mass is 19.3. The molecule has 4 aromatic rings. The van der Waals surface area contributed by atoms with Crippen LogP contribution in [0.4, 0.5) is 20.3 Å². The molecule has 1 N–H and O–H groups in total. The summed E-state index contributed by atoms with van der Waals surface area (Å²) >= 11 is 0. The van der Waals surface area contributed by atoms with Crippen LogP contribution in [0.5, 0.6) is 5.75 Å². The van der Waals surface area contributed by atoms with Crippen molar-refractivity contribution in [3.05, 3.63) is 66.5 Å². The smallest absolute Gasteiger partial charge is 0.387 e. The summed E-state index contributed by atoms with van der Waals surface area (Å²) in [7, 11) is 0. The third-order valence-electron chi connectivity index (χ3n) is 4.09. The molecule has 6 nitrogen and oxygen atoms in total. The monoisotopic (exact) mass is 379 g/mol. The van der Waals surface area contributed by atoms with Gasteiger partial charge >= 0.3 is 6.61 Å². The van der Waals surface area contributed by atoms with Gasteiger partial charge in [0.15, 0.2) is 5.82 Å². The largest absolute Gasteiger partial charge is 0.435 e. The first-order valence-electron chi connectivity index (χ1n) is 8.46. The van der Waals surface area contributed by atoms with Gasteiger partial charge < -0.3 is 10.1 Å². The fraction of sp³-hybridized carbons (Fsp3) is 0.100. The first-order chi connectivity index (χ1) is 13.6. The van der Waals surface area contributed by atoms with Crippen LogP contribution in [0.1, 0.15) is 5.56 Å². The number of alkyl halides is 2. The number of fused-ring (bicyclic) bond motifs is 1. The topological polar surface area (TPSA) is 72.8 Å². The molecule has 0 spiro atoms. The van der Waals surface area contributed by atoms with E-state index in [4.69, 9.17) is 0 Å². The average molecular weight is 379 g/mol. The number of nitrogens with one attached hydrogen (secondary N) is 1. The SMILES string of the molecule is Cc1cccc2c(Nc3cccc(OC(F)F)c3)nc(-c3ccnnc3)nc12. The molecular weight excluding hydrogens is 364 g/mol. The maximum atomic E-state index is 12.5. The lowest BCUT2D eigenvalue weighted by Gasteiger charge is -2.13. The standard InChI is InChI=1S/C20H15F2N5O/c1-12-4-2-7-16-17(12)26-18(13-8-9-23-24-11-13)27-19(16)25-14-5-3-6-15(10-14)28-20(21)22/h2-11,20H,1H3,(H,25,26,27). The van der Waals surface area contributed by atoms with Gasteiger partial charge in [0.2, 0.25) is 0 Å². The lowest BCUT2D eigenvalue weighted by Crippen LogP contribution is -2.03. The molecule has 2 aromatic heterocycles. The highest BCUT2D eigenvalue weighted by Crippen LogP contribution is 2.30. The predicted octanol–water partition coefficient (Wildman–Crippen LogP) is 4.74. The maximum Gasteiger partial charge on any atom is 0.387 e. The van der Waals surface area contributed by atoms with Crippen molar-refractivity contribution in [2.75, 3.05) is 5.32 Å². The molecule has 0 saturated heterocycles. The number of anilines is 2. The molecular formula is C20H15F2N5O. The van der Waals surface area contributed by atoms with E-state index in [2.05, 4.69) is 30.2 Å². The summed E-state index contributed by atoms with van der Waals surface area (Å²) in [5, 5.41) is 11.7. The lowest BCUT2D eigenvalue weighted by molar-refractivity contribution is -0.0497. The minimum atomic E-state index is -2.89. The number of hydrogen-bond acceptors (Lipinski definition) is 6. The number of hydrogen-bond donors (Lipinski definition) is 1. The van der Waals surface area contributed by atoms with Crippen molar-refractivity contribution >= 4 is 22.4 Å². The Morgan fingerprint density at radius 2 is 1.86 bits per heavy atom. The molecule has 4 rings (SSSR count). The molecule has 0 aliphatic heterocycles. The highest BCUT2D eigenvalue weighted by Gasteiger charge is 2.12. The van der Waals surface area contributed by atoms with Crippen molar-refractivity contribution in [3.63, 3.8) is 0 Å². The van der Waals surface area contributed by atoms with Crippen molar-refractivity contribution in [2.24, 2.45) is 0 Å². The molecule has 0 saturated carbocycles. The third kappa shape index (κ3) is 3.71. The van der Waals surface area contributed by atoms with Crippen LogP contribution >= 0.6 is 0 Å². The Hall–Kier alpha value is -3.68. The maximum absolute atomic E-state index is 12.5. The molecule has 140 valence electrons. The second-order valence-electron chi connectivity index (χ2n) is 6.03. The van der Waals surface area contributed by atoms with Crippen LogP contribution in [0.2, 0.25) is 0 Å². The summed E-state index contributed by atoms with van der Waals surface area (Å²) in [4.78, 5) is 9.28. The Kier molecular flexibility index (Phi) is 4.76. The van der Waals surface area contributed by atoms with Crippen LogP contribution in [-0.2, 0) is 0 Å². The summed E-state index contributed by atoms with van der Waals surface area (Å²) in [5.74, 6) is 1.10. The second-order valence-corrected chi connectivity index (χ2v) is 6.03. The van der Waals surface area contributed by atoms with Gasteiger partial charge in [0, 0.05) is 22.7 Å². The number of halogens is 2. The van der Waals surface area contributed by atoms with Crippen molar-refractivity contribution in [3.8, 4) is 17.1 Å². The zero-order chi connectivity index (χ0) is 19.5. The van der Waals surface area contributed by atoms with E-state index >= 15 is 0 Å². The fourth-order valence-corrected chi connectivity index (χ4v) is 2.83. The zero-order valence-corrected chi connectivity index (χ0v) is 14.8. The van der Waals surface area contributed by atoms with Crippen LogP contribution in [0.15, 0.2) is 60.9 Å². The number of benzene rings is 2. The second kappa shape index (κ2) is 7.51. The van der Waals surface area contributed by atoms with Gasteiger partial charge in [-0.25, -0.2) is 9.97 Å². The van der Waals surface area contributed by atoms with Gasteiger partial charge in [-0.05, 0) is 36.8 Å². The minimum Gasteiger partial charge on any atom is -0.435 e. The number of nitrogens with zero attached hydrogens (tertiary/aromatic N) is 4. The normalized spacial score (nSPS) is 11.0. The summed E-state index contributed by atoms with van der Waals surface area (Å²) in [6, 6.07) is 13.9. The molecule has 0 atom stereocenters. The van der Waals surface area contributed by atoms with Gasteiger partial charge in [0.25, 0.3) is 0 Å². The number of rotatable bonds is 5. The van der Waals surface area contributed by atoms with E-state index in [1.54, 1.807) is 30.6 Å². The Bertz CT molecular complexity index is 1120. The van der Waals surface area contributed by atoms with Crippen molar-refractivity contribution in [1.82, 2.24) is 20.2 Å². The number of ether oxygens (including phenoxy) is 1. The van der Waals surface area contributed by atoms with Crippen molar-refractivity contribution < 1.29 is 13.5 Å². The average Bonchev–Trinajstić information content (AvgIpc) is 2.69. The summed E-state index contributed by atoms with van der Waals surface area (Å²) in [6.07, 6.45) is 3.15. The van der Waals surface area contributed by atoms with E-state index < -0.39 is 6.61 Å². The number of aryl methyl sites for hydroxylation is 1. The number of aromatic nitrogens is 4. The Labute approximate surface area is 159 Å². The van der Waals surface area contributed by atoms with Gasteiger partial charge in [-0.2, -0.15) is 19.0 Å². The van der Waals surface area contributed by atoms with Gasteiger partial charge in [-0.3, -0.25) is 0 Å². The van der Waals surface area contributed by atoms with E-state index in [0.29, 0.717) is 17.3 Å². The first kappa shape index (κ1) is 17.7. The van der Waals surface area contributed by atoms with Gasteiger partial charge in [0.05, 0.1) is 17.9 Å². The quantitative estimate of drug-likeness (QED) is 0.540. The van der Waals surface area contributed by atoms with E-state index in [0.717, 1.165) is 22.0 Å². The molecule has 2 aromatic carbocycles. The van der Waals surface area contributed by atoms with E-state index in [-0.39, 0.29) is 5.75 Å². The molecule has 0 radical (unpaired) electrons. The molecule has 2 heterocycles. The van der Waals surface area contributed by atoms with Crippen LogP contribution in [0.25, 0.3) is 22.3 Å². The van der Waals surface area contributed by atoms with Crippen LogP contribution < -0.4 is 10.1 Å². The van der Waals surface area contributed by atoms with Crippen LogP contribution in [-0.4, -0.2) is 26.8 Å². The summed E-state index contributed by atoms with van der Waals surface area (Å²) in [5.41, 5.74) is 3.06. The Morgan fingerprint density at radius 1 is 1.00 bits per heavy atom. The molecule has 0 amide bonds. The van der Waals surface area contributed by atoms with E-state index in [1.165, 1.54) is 12.1 Å². The zero-order valence-electron chi connectivity index (χ0n) is 14.8. The lowest BCUT2D eigenvalue weighted by atomic mass is 10.1. The summed E-state index contributed by atoms with van der Waals surface area (Å²) < 4.78 is 29.5. The molecule has 0 unspecified atom stereocenters. The molecule has 0 aliphatic rings. The van der Waals surface area contributed by atoms with Gasteiger partial charge in [0.1, 0.15) is 11.6 Å².